The van der Waals surface area contributed by atoms with E-state index in [1.807, 2.05) is 0 Å². The summed E-state index contributed by atoms with van der Waals surface area (Å²) < 4.78 is 57.3. The van der Waals surface area contributed by atoms with Gasteiger partial charge >= 0.3 is 12.1 Å². The van der Waals surface area contributed by atoms with Crippen molar-refractivity contribution in [1.29, 1.82) is 0 Å². The molecule has 0 fully saturated rings. The van der Waals surface area contributed by atoms with Gasteiger partial charge in [0.05, 0.1) is 22.5 Å². The number of hydrogen-bond donors (Lipinski definition) is 1. The number of anilines is 2. The fourth-order valence-corrected chi connectivity index (χ4v) is 2.97. The highest BCUT2D eigenvalue weighted by Gasteiger charge is 2.35. The molecule has 2 amide bonds. The minimum absolute atomic E-state index is 0.0393. The van der Waals surface area contributed by atoms with Crippen LogP contribution in [0.25, 0.3) is 0 Å². The summed E-state index contributed by atoms with van der Waals surface area (Å²) in [4.78, 5) is 37.9. The van der Waals surface area contributed by atoms with Gasteiger partial charge in [-0.15, -0.1) is 0 Å². The van der Waals surface area contributed by atoms with E-state index < -0.39 is 48.0 Å². The van der Waals surface area contributed by atoms with E-state index in [2.05, 4.69) is 5.32 Å². The number of aryl methyl sites for hydroxylation is 1. The summed E-state index contributed by atoms with van der Waals surface area (Å²) in [6, 6.07) is 6.07. The summed E-state index contributed by atoms with van der Waals surface area (Å²) in [5, 5.41) is 2.29. The summed E-state index contributed by atoms with van der Waals surface area (Å²) in [5.41, 5.74) is -0.770. The molecule has 6 nitrogen and oxygen atoms in total. The maximum Gasteiger partial charge on any atom is 0.416 e. The van der Waals surface area contributed by atoms with E-state index in [0.717, 1.165) is 29.2 Å². The van der Waals surface area contributed by atoms with E-state index >= 15 is 0 Å². The molecule has 1 aliphatic rings. The molecule has 2 aromatic carbocycles. The first-order chi connectivity index (χ1) is 14.0. The molecule has 0 bridgehead atoms. The number of alkyl halides is 3. The van der Waals surface area contributed by atoms with Crippen molar-refractivity contribution in [2.45, 2.75) is 26.1 Å². The monoisotopic (exact) mass is 424 g/mol. The van der Waals surface area contributed by atoms with Crippen LogP contribution >= 0.6 is 0 Å². The predicted molar refractivity (Wildman–Crippen MR) is 98.4 cm³/mol. The third-order valence-corrected chi connectivity index (χ3v) is 4.51. The largest absolute Gasteiger partial charge is 0.449 e. The van der Waals surface area contributed by atoms with Crippen LogP contribution in [-0.4, -0.2) is 30.4 Å². The Balaban J connectivity index is 1.84. The first-order valence-corrected chi connectivity index (χ1v) is 8.77. The number of nitrogens with zero attached hydrogens (tertiary/aromatic N) is 1. The lowest BCUT2D eigenvalue weighted by Gasteiger charge is -2.31. The predicted octanol–water partition coefficient (Wildman–Crippen LogP) is 3.68. The Labute approximate surface area is 168 Å². The minimum atomic E-state index is -4.63. The zero-order valence-electron chi connectivity index (χ0n) is 15.8. The summed E-state index contributed by atoms with van der Waals surface area (Å²) in [6.45, 7) is 2.36. The molecule has 1 N–H and O–H groups in total. The zero-order valence-corrected chi connectivity index (χ0v) is 15.8. The van der Waals surface area contributed by atoms with Crippen molar-refractivity contribution in [1.82, 2.24) is 0 Å². The van der Waals surface area contributed by atoms with Crippen LogP contribution in [0.4, 0.5) is 28.9 Å². The lowest BCUT2D eigenvalue weighted by molar-refractivity contribution is -0.137. The molecule has 0 saturated heterocycles. The maximum absolute atomic E-state index is 13.4. The van der Waals surface area contributed by atoms with Crippen molar-refractivity contribution in [3.05, 3.63) is 58.9 Å². The molecule has 2 aromatic rings. The number of carbonyl (C=O) groups excluding carboxylic acids is 3. The van der Waals surface area contributed by atoms with Crippen molar-refractivity contribution in [2.24, 2.45) is 0 Å². The van der Waals surface area contributed by atoms with Gasteiger partial charge in [0.1, 0.15) is 12.4 Å². The summed E-state index contributed by atoms with van der Waals surface area (Å²) >= 11 is 0. The van der Waals surface area contributed by atoms with Crippen LogP contribution in [-0.2, 0) is 20.5 Å². The molecule has 158 valence electrons. The van der Waals surface area contributed by atoms with Gasteiger partial charge in [-0.25, -0.2) is 9.18 Å². The van der Waals surface area contributed by atoms with Crippen molar-refractivity contribution < 1.29 is 36.7 Å². The molecule has 1 aliphatic heterocycles. The standard InChI is InChI=1S/C20H16F4N2O4/c1-10-3-5-13(21)8-14(10)19(29)30-11(2)18(28)26-9-17(27)25-15-7-12(20(22,23)24)4-6-16(15)26/h3-8,11H,9H2,1-2H3,(H,25,27)/t11-/m0/s1. The third kappa shape index (κ3) is 4.27. The topological polar surface area (TPSA) is 75.7 Å². The van der Waals surface area contributed by atoms with Crippen LogP contribution in [0.3, 0.4) is 0 Å². The van der Waals surface area contributed by atoms with Crippen molar-refractivity contribution >= 4 is 29.2 Å². The quantitative estimate of drug-likeness (QED) is 0.603. The Morgan fingerprint density at radius 2 is 1.87 bits per heavy atom. The Morgan fingerprint density at radius 1 is 1.17 bits per heavy atom. The first kappa shape index (κ1) is 21.3. The molecule has 0 spiro atoms. The zero-order chi connectivity index (χ0) is 22.2. The Hall–Kier alpha value is -3.43. The van der Waals surface area contributed by atoms with Gasteiger partial charge in [-0.2, -0.15) is 13.2 Å². The van der Waals surface area contributed by atoms with E-state index in [-0.39, 0.29) is 16.9 Å². The number of esters is 1. The minimum Gasteiger partial charge on any atom is -0.449 e. The van der Waals surface area contributed by atoms with E-state index in [1.54, 1.807) is 6.92 Å². The van der Waals surface area contributed by atoms with Gasteiger partial charge in [0, 0.05) is 0 Å². The van der Waals surface area contributed by atoms with Gasteiger partial charge < -0.3 is 10.1 Å². The molecule has 0 radical (unpaired) electrons. The second-order valence-corrected chi connectivity index (χ2v) is 6.71. The second-order valence-electron chi connectivity index (χ2n) is 6.71. The van der Waals surface area contributed by atoms with Gasteiger partial charge in [0.15, 0.2) is 6.10 Å². The average molecular weight is 424 g/mol. The van der Waals surface area contributed by atoms with Gasteiger partial charge in [-0.05, 0) is 49.7 Å². The lowest BCUT2D eigenvalue weighted by Crippen LogP contribution is -2.47. The van der Waals surface area contributed by atoms with Gasteiger partial charge in [-0.3, -0.25) is 14.5 Å². The number of halogens is 4. The Morgan fingerprint density at radius 3 is 2.53 bits per heavy atom. The van der Waals surface area contributed by atoms with E-state index in [0.29, 0.717) is 5.56 Å². The summed E-state index contributed by atoms with van der Waals surface area (Å²) in [6.07, 6.45) is -6.00. The molecule has 10 heteroatoms. The molecule has 0 saturated carbocycles. The van der Waals surface area contributed by atoms with Crippen LogP contribution in [0.15, 0.2) is 36.4 Å². The maximum atomic E-state index is 13.4. The SMILES string of the molecule is Cc1ccc(F)cc1C(=O)O[C@@H](C)C(=O)N1CC(=O)Nc2cc(C(F)(F)F)ccc21. The number of fused-ring (bicyclic) bond motifs is 1. The van der Waals surface area contributed by atoms with Crippen LogP contribution in [0.2, 0.25) is 0 Å². The fraction of sp³-hybridized carbons (Fsp3) is 0.250. The molecule has 1 atom stereocenters. The number of ether oxygens (including phenoxy) is 1. The van der Waals surface area contributed by atoms with E-state index in [1.165, 1.54) is 19.1 Å². The van der Waals surface area contributed by atoms with Gasteiger partial charge in [0.2, 0.25) is 5.91 Å². The smallest absolute Gasteiger partial charge is 0.416 e. The lowest BCUT2D eigenvalue weighted by atomic mass is 10.1. The highest BCUT2D eigenvalue weighted by atomic mass is 19.4. The highest BCUT2D eigenvalue weighted by molar-refractivity contribution is 6.11. The first-order valence-electron chi connectivity index (χ1n) is 8.77. The molecular weight excluding hydrogens is 408 g/mol. The van der Waals surface area contributed by atoms with Crippen LogP contribution in [0.5, 0.6) is 0 Å². The summed E-state index contributed by atoms with van der Waals surface area (Å²) in [7, 11) is 0. The van der Waals surface area contributed by atoms with Crippen molar-refractivity contribution in [3.8, 4) is 0 Å². The number of benzene rings is 2. The van der Waals surface area contributed by atoms with Crippen LogP contribution < -0.4 is 10.2 Å². The average Bonchev–Trinajstić information content (AvgIpc) is 2.67. The molecule has 30 heavy (non-hydrogen) atoms. The molecule has 0 unspecified atom stereocenters. The summed E-state index contributed by atoms with van der Waals surface area (Å²) in [5.74, 6) is -3.11. The number of rotatable bonds is 3. The molecule has 0 aromatic heterocycles. The fourth-order valence-electron chi connectivity index (χ4n) is 2.97. The normalized spacial score (nSPS) is 14.6. The van der Waals surface area contributed by atoms with Crippen molar-refractivity contribution in [3.63, 3.8) is 0 Å². The third-order valence-electron chi connectivity index (χ3n) is 4.51. The second kappa shape index (κ2) is 7.77. The highest BCUT2D eigenvalue weighted by Crippen LogP contribution is 2.37. The number of amides is 2. The number of hydrogen-bond acceptors (Lipinski definition) is 4. The van der Waals surface area contributed by atoms with E-state index in [9.17, 15) is 31.9 Å². The molecule has 1 heterocycles. The van der Waals surface area contributed by atoms with Crippen LogP contribution in [0, 0.1) is 12.7 Å². The van der Waals surface area contributed by atoms with Crippen LogP contribution in [0.1, 0.15) is 28.4 Å². The Bertz CT molecular complexity index is 1040. The van der Waals surface area contributed by atoms with Gasteiger partial charge in [0.25, 0.3) is 5.91 Å². The van der Waals surface area contributed by atoms with Gasteiger partial charge in [-0.1, -0.05) is 6.07 Å². The molecule has 3 rings (SSSR count). The molecular formula is C20H16F4N2O4. The number of carbonyl (C=O) groups is 3. The Kier molecular flexibility index (Phi) is 5.51. The molecule has 0 aliphatic carbocycles. The van der Waals surface area contributed by atoms with Crippen molar-refractivity contribution in [2.75, 3.05) is 16.8 Å². The number of nitrogens with one attached hydrogen (secondary N) is 1. The van der Waals surface area contributed by atoms with E-state index in [4.69, 9.17) is 4.74 Å².